The molecule has 0 aliphatic heterocycles. The van der Waals surface area contributed by atoms with Crippen LogP contribution in [-0.4, -0.2) is 53.4 Å². The Labute approximate surface area is 197 Å². The molecule has 1 N–H and O–H groups in total. The van der Waals surface area contributed by atoms with Gasteiger partial charge in [-0.2, -0.15) is 0 Å². The van der Waals surface area contributed by atoms with Crippen molar-refractivity contribution >= 4 is 29.9 Å². The summed E-state index contributed by atoms with van der Waals surface area (Å²) in [7, 11) is 7.30. The van der Waals surface area contributed by atoms with Crippen LogP contribution in [0.3, 0.4) is 0 Å². The number of aliphatic imine (C=N–C) groups is 1. The van der Waals surface area contributed by atoms with Gasteiger partial charge in [0.25, 0.3) is 0 Å². The molecule has 0 bridgehead atoms. The lowest BCUT2D eigenvalue weighted by atomic mass is 10.1. The van der Waals surface area contributed by atoms with E-state index in [2.05, 4.69) is 34.3 Å². The van der Waals surface area contributed by atoms with Crippen LogP contribution >= 0.6 is 24.0 Å². The van der Waals surface area contributed by atoms with Crippen molar-refractivity contribution in [2.24, 2.45) is 12.0 Å². The summed E-state index contributed by atoms with van der Waals surface area (Å²) in [4.78, 5) is 6.91. The van der Waals surface area contributed by atoms with Crippen LogP contribution in [0.15, 0.2) is 17.1 Å². The van der Waals surface area contributed by atoms with Crippen LogP contribution in [-0.2, 0) is 20.1 Å². The third-order valence-corrected chi connectivity index (χ3v) is 4.98. The number of aromatic nitrogens is 3. The Balaban J connectivity index is 0.00000450. The number of benzene rings is 1. The lowest BCUT2D eigenvalue weighted by Gasteiger charge is -2.24. The number of nitrogens with zero attached hydrogens (tertiary/aromatic N) is 5. The summed E-state index contributed by atoms with van der Waals surface area (Å²) in [5, 5.41) is 11.8. The number of aryl methyl sites for hydroxylation is 2. The molecule has 0 saturated carbocycles. The zero-order valence-electron chi connectivity index (χ0n) is 19.2. The number of methoxy groups -OCH3 is 2. The summed E-state index contributed by atoms with van der Waals surface area (Å²) in [5.74, 6) is 4.03. The second kappa shape index (κ2) is 12.6. The normalized spacial score (nSPS) is 11.1. The number of nitrogens with one attached hydrogen (secondary N) is 1. The van der Waals surface area contributed by atoms with Gasteiger partial charge in [-0.1, -0.05) is 13.3 Å². The van der Waals surface area contributed by atoms with E-state index in [0.29, 0.717) is 13.1 Å². The molecule has 0 aliphatic carbocycles. The zero-order chi connectivity index (χ0) is 21.4. The summed E-state index contributed by atoms with van der Waals surface area (Å²) < 4.78 is 12.8. The molecular weight excluding hydrogens is 495 g/mol. The van der Waals surface area contributed by atoms with Crippen molar-refractivity contribution in [3.8, 4) is 11.5 Å². The first-order valence-electron chi connectivity index (χ1n) is 9.97. The van der Waals surface area contributed by atoms with Crippen molar-refractivity contribution in [1.29, 1.82) is 0 Å². The molecule has 168 valence electrons. The molecule has 2 aromatic rings. The second-order valence-electron chi connectivity index (χ2n) is 7.13. The minimum Gasteiger partial charge on any atom is -0.493 e. The molecule has 0 fully saturated rings. The van der Waals surface area contributed by atoms with Crippen LogP contribution in [0, 0.1) is 13.8 Å². The van der Waals surface area contributed by atoms with Crippen LogP contribution in [0.1, 0.15) is 42.5 Å². The maximum atomic E-state index is 5.47. The molecule has 0 amide bonds. The summed E-state index contributed by atoms with van der Waals surface area (Å²) >= 11 is 0. The largest absolute Gasteiger partial charge is 0.493 e. The SMILES string of the molecule is CCCCNC(=NCc1nnc(C)n1C)N(C)Cc1cc(OC)c(OC)cc1C.I. The van der Waals surface area contributed by atoms with Crippen LogP contribution < -0.4 is 14.8 Å². The van der Waals surface area contributed by atoms with E-state index in [9.17, 15) is 0 Å². The van der Waals surface area contributed by atoms with Gasteiger partial charge in [-0.25, -0.2) is 4.99 Å². The van der Waals surface area contributed by atoms with Gasteiger partial charge < -0.3 is 24.3 Å². The van der Waals surface area contributed by atoms with Crippen LogP contribution in [0.5, 0.6) is 11.5 Å². The van der Waals surface area contributed by atoms with Crippen molar-refractivity contribution in [2.75, 3.05) is 27.8 Å². The highest BCUT2D eigenvalue weighted by atomic mass is 127. The fourth-order valence-corrected chi connectivity index (χ4v) is 2.95. The molecule has 0 spiro atoms. The highest BCUT2D eigenvalue weighted by Crippen LogP contribution is 2.30. The summed E-state index contributed by atoms with van der Waals surface area (Å²) in [5.41, 5.74) is 2.30. The highest BCUT2D eigenvalue weighted by molar-refractivity contribution is 14.0. The molecule has 0 saturated heterocycles. The number of unbranched alkanes of at least 4 members (excludes halogenated alkanes) is 1. The van der Waals surface area contributed by atoms with Crippen molar-refractivity contribution in [2.45, 2.75) is 46.7 Å². The monoisotopic (exact) mass is 530 g/mol. The molecule has 1 aromatic heterocycles. The van der Waals surface area contributed by atoms with E-state index in [1.165, 1.54) is 0 Å². The van der Waals surface area contributed by atoms with Gasteiger partial charge in [-0.3, -0.25) is 0 Å². The number of guanidine groups is 1. The summed E-state index contributed by atoms with van der Waals surface area (Å²) in [6.07, 6.45) is 2.21. The predicted octanol–water partition coefficient (Wildman–Crippen LogP) is 3.44. The minimum absolute atomic E-state index is 0. The molecule has 1 aromatic carbocycles. The molecule has 9 heteroatoms. The smallest absolute Gasteiger partial charge is 0.194 e. The summed E-state index contributed by atoms with van der Waals surface area (Å²) in [6, 6.07) is 4.03. The number of halogens is 1. The van der Waals surface area contributed by atoms with E-state index in [1.54, 1.807) is 14.2 Å². The first-order chi connectivity index (χ1) is 13.9. The highest BCUT2D eigenvalue weighted by Gasteiger charge is 2.13. The summed E-state index contributed by atoms with van der Waals surface area (Å²) in [6.45, 7) is 8.24. The Morgan fingerprint density at radius 2 is 1.83 bits per heavy atom. The van der Waals surface area contributed by atoms with E-state index >= 15 is 0 Å². The van der Waals surface area contributed by atoms with Crippen molar-refractivity contribution in [3.05, 3.63) is 34.9 Å². The fraction of sp³-hybridized carbons (Fsp3) is 0.571. The number of hydrogen-bond donors (Lipinski definition) is 1. The van der Waals surface area contributed by atoms with Crippen molar-refractivity contribution in [1.82, 2.24) is 25.0 Å². The van der Waals surface area contributed by atoms with Gasteiger partial charge in [-0.15, -0.1) is 34.2 Å². The molecular formula is C21H35IN6O2. The van der Waals surface area contributed by atoms with E-state index < -0.39 is 0 Å². The number of ether oxygens (including phenoxy) is 2. The van der Waals surface area contributed by atoms with Crippen molar-refractivity contribution in [3.63, 3.8) is 0 Å². The van der Waals surface area contributed by atoms with Crippen LogP contribution in [0.2, 0.25) is 0 Å². The van der Waals surface area contributed by atoms with Gasteiger partial charge in [0, 0.05) is 27.2 Å². The third kappa shape index (κ3) is 6.75. The Morgan fingerprint density at radius 3 is 2.40 bits per heavy atom. The fourth-order valence-electron chi connectivity index (χ4n) is 2.95. The number of rotatable bonds is 9. The standard InChI is InChI=1S/C21H34N6O2.HI/c1-8-9-10-22-21(23-13-20-25-24-16(3)27(20)5)26(4)14-17-12-19(29-7)18(28-6)11-15(17)2;/h11-12H,8-10,13-14H2,1-7H3,(H,22,23);1H. The minimum atomic E-state index is 0. The molecule has 0 atom stereocenters. The maximum Gasteiger partial charge on any atom is 0.194 e. The molecule has 2 rings (SSSR count). The maximum absolute atomic E-state index is 5.47. The third-order valence-electron chi connectivity index (χ3n) is 4.98. The molecule has 1 heterocycles. The van der Waals surface area contributed by atoms with E-state index in [1.807, 2.05) is 37.7 Å². The van der Waals surface area contributed by atoms with E-state index in [0.717, 1.165) is 59.6 Å². The van der Waals surface area contributed by atoms with E-state index in [4.69, 9.17) is 14.5 Å². The average molecular weight is 530 g/mol. The predicted molar refractivity (Wildman–Crippen MR) is 131 cm³/mol. The van der Waals surface area contributed by atoms with Gasteiger partial charge in [0.15, 0.2) is 23.3 Å². The van der Waals surface area contributed by atoms with Gasteiger partial charge in [0.2, 0.25) is 0 Å². The second-order valence-corrected chi connectivity index (χ2v) is 7.13. The van der Waals surface area contributed by atoms with E-state index in [-0.39, 0.29) is 24.0 Å². The Kier molecular flexibility index (Phi) is 10.9. The van der Waals surface area contributed by atoms with Gasteiger partial charge in [0.05, 0.1) is 14.2 Å². The molecule has 0 unspecified atom stereocenters. The molecule has 0 radical (unpaired) electrons. The Morgan fingerprint density at radius 1 is 1.17 bits per heavy atom. The first kappa shape index (κ1) is 26.0. The van der Waals surface area contributed by atoms with Crippen LogP contribution in [0.4, 0.5) is 0 Å². The quantitative estimate of drug-likeness (QED) is 0.232. The molecule has 8 nitrogen and oxygen atoms in total. The average Bonchev–Trinajstić information content (AvgIpc) is 3.03. The van der Waals surface area contributed by atoms with Gasteiger partial charge >= 0.3 is 0 Å². The molecule has 0 aliphatic rings. The Bertz CT molecular complexity index is 837. The lowest BCUT2D eigenvalue weighted by molar-refractivity contribution is 0.353. The lowest BCUT2D eigenvalue weighted by Crippen LogP contribution is -2.39. The topological polar surface area (TPSA) is 76.8 Å². The van der Waals surface area contributed by atoms with Crippen LogP contribution in [0.25, 0.3) is 0 Å². The molecule has 30 heavy (non-hydrogen) atoms. The van der Waals surface area contributed by atoms with Gasteiger partial charge in [0.1, 0.15) is 12.4 Å². The van der Waals surface area contributed by atoms with Gasteiger partial charge in [-0.05, 0) is 43.5 Å². The van der Waals surface area contributed by atoms with Crippen molar-refractivity contribution < 1.29 is 9.47 Å². The number of hydrogen-bond acceptors (Lipinski definition) is 5. The zero-order valence-corrected chi connectivity index (χ0v) is 21.5. The Hall–Kier alpha value is -2.04. The first-order valence-corrected chi connectivity index (χ1v) is 9.97.